The summed E-state index contributed by atoms with van der Waals surface area (Å²) in [5.74, 6) is -1.24. The molecule has 0 spiro atoms. The van der Waals surface area contributed by atoms with E-state index in [0.717, 1.165) is 0 Å². The third-order valence-corrected chi connectivity index (χ3v) is 4.14. The minimum absolute atomic E-state index is 0.128. The molecule has 0 aromatic heterocycles. The van der Waals surface area contributed by atoms with Gasteiger partial charge in [0, 0.05) is 27.4 Å². The van der Waals surface area contributed by atoms with Crippen molar-refractivity contribution < 1.29 is 15.0 Å². The maximum Gasteiger partial charge on any atom is 0.135 e. The highest BCUT2D eigenvalue weighted by Gasteiger charge is 2.31. The van der Waals surface area contributed by atoms with Gasteiger partial charge in [0.05, 0.1) is 12.2 Å². The van der Waals surface area contributed by atoms with E-state index in [0.29, 0.717) is 15.6 Å². The summed E-state index contributed by atoms with van der Waals surface area (Å²) in [5, 5.41) is 21.1. The lowest BCUT2D eigenvalue weighted by atomic mass is 9.85. The van der Waals surface area contributed by atoms with Crippen molar-refractivity contribution in [3.8, 4) is 0 Å². The first-order valence-corrected chi connectivity index (χ1v) is 6.83. The maximum atomic E-state index is 11.3. The van der Waals surface area contributed by atoms with Crippen molar-refractivity contribution in [3.63, 3.8) is 0 Å². The molecular formula is C14H18Cl2O3. The van der Waals surface area contributed by atoms with Gasteiger partial charge in [0.25, 0.3) is 0 Å². The molecule has 1 aromatic rings. The molecule has 0 bridgehead atoms. The van der Waals surface area contributed by atoms with Crippen LogP contribution in [0.2, 0.25) is 10.0 Å². The number of halogens is 2. The zero-order valence-corrected chi connectivity index (χ0v) is 12.6. The Morgan fingerprint density at radius 1 is 1.16 bits per heavy atom. The van der Waals surface area contributed by atoms with E-state index >= 15 is 0 Å². The minimum atomic E-state index is -1.03. The number of carbonyl (C=O) groups excluding carboxylic acids is 1. The second kappa shape index (κ2) is 6.71. The van der Waals surface area contributed by atoms with Crippen LogP contribution in [0.5, 0.6) is 0 Å². The molecule has 1 aromatic carbocycles. The Hall–Kier alpha value is -0.610. The molecule has 0 saturated heterocycles. The van der Waals surface area contributed by atoms with Crippen LogP contribution in [0.3, 0.4) is 0 Å². The molecule has 2 N–H and O–H groups in total. The molecule has 0 aliphatic carbocycles. The van der Waals surface area contributed by atoms with Crippen LogP contribution in [0.4, 0.5) is 0 Å². The molecule has 0 radical (unpaired) electrons. The number of aliphatic hydroxyl groups is 2. The third-order valence-electron chi connectivity index (χ3n) is 3.49. The molecule has 0 aliphatic rings. The molecule has 0 saturated carbocycles. The van der Waals surface area contributed by atoms with Gasteiger partial charge >= 0.3 is 0 Å². The topological polar surface area (TPSA) is 57.5 Å². The van der Waals surface area contributed by atoms with Crippen molar-refractivity contribution in [1.29, 1.82) is 0 Å². The number of rotatable bonds is 5. The summed E-state index contributed by atoms with van der Waals surface area (Å²) in [6.45, 7) is 4.70. The Kier molecular flexibility index (Phi) is 5.81. The lowest BCUT2D eigenvalue weighted by Crippen LogP contribution is -2.33. The van der Waals surface area contributed by atoms with E-state index in [2.05, 4.69) is 0 Å². The second-order valence-electron chi connectivity index (χ2n) is 4.83. The molecule has 19 heavy (non-hydrogen) atoms. The van der Waals surface area contributed by atoms with E-state index in [1.807, 2.05) is 0 Å². The van der Waals surface area contributed by atoms with Crippen molar-refractivity contribution in [2.75, 3.05) is 0 Å². The van der Waals surface area contributed by atoms with Gasteiger partial charge in [-0.2, -0.15) is 0 Å². The van der Waals surface area contributed by atoms with Crippen molar-refractivity contribution in [2.24, 2.45) is 11.8 Å². The monoisotopic (exact) mass is 304 g/mol. The van der Waals surface area contributed by atoms with Gasteiger partial charge < -0.3 is 10.2 Å². The number of hydrogen-bond acceptors (Lipinski definition) is 3. The standard InChI is InChI=1S/C14H18Cl2O3/c1-7(9(3)17)13(18)8(2)14(19)12-10(15)5-4-6-11(12)16/h4-8,13-14,18-19H,1-3H3/t7-,8+,13+,14-/m0/s1. The fraction of sp³-hybridized carbons (Fsp3) is 0.500. The average molecular weight is 305 g/mol. The summed E-state index contributed by atoms with van der Waals surface area (Å²) in [5.41, 5.74) is 0.383. The van der Waals surface area contributed by atoms with Crippen LogP contribution in [0.15, 0.2) is 18.2 Å². The third kappa shape index (κ3) is 3.69. The smallest absolute Gasteiger partial charge is 0.135 e. The van der Waals surface area contributed by atoms with E-state index < -0.39 is 24.0 Å². The molecule has 106 valence electrons. The van der Waals surface area contributed by atoms with E-state index in [1.54, 1.807) is 32.0 Å². The van der Waals surface area contributed by atoms with Gasteiger partial charge in [-0.1, -0.05) is 43.1 Å². The Morgan fingerprint density at radius 2 is 1.63 bits per heavy atom. The molecule has 4 atom stereocenters. The first-order chi connectivity index (χ1) is 8.77. The van der Waals surface area contributed by atoms with E-state index in [1.165, 1.54) is 6.92 Å². The number of aliphatic hydroxyl groups excluding tert-OH is 2. The molecule has 0 fully saturated rings. The van der Waals surface area contributed by atoms with Gasteiger partial charge in [0.1, 0.15) is 5.78 Å². The summed E-state index contributed by atoms with van der Waals surface area (Å²) in [4.78, 5) is 11.3. The van der Waals surface area contributed by atoms with Crippen molar-refractivity contribution in [2.45, 2.75) is 33.0 Å². The number of Topliss-reactive ketones (excluding diaryl/α,β-unsaturated/α-hetero) is 1. The first-order valence-electron chi connectivity index (χ1n) is 6.07. The fourth-order valence-corrected chi connectivity index (χ4v) is 2.56. The van der Waals surface area contributed by atoms with E-state index in [-0.39, 0.29) is 5.78 Å². The largest absolute Gasteiger partial charge is 0.392 e. The van der Waals surface area contributed by atoms with Crippen LogP contribution in [-0.4, -0.2) is 22.1 Å². The summed E-state index contributed by atoms with van der Waals surface area (Å²) in [7, 11) is 0. The number of hydrogen-bond donors (Lipinski definition) is 2. The van der Waals surface area contributed by atoms with Gasteiger partial charge in [-0.15, -0.1) is 0 Å². The fourth-order valence-electron chi connectivity index (χ4n) is 1.94. The van der Waals surface area contributed by atoms with Crippen LogP contribution in [0, 0.1) is 11.8 Å². The molecule has 1 rings (SSSR count). The normalized spacial score (nSPS) is 17.6. The zero-order valence-electron chi connectivity index (χ0n) is 11.1. The number of carbonyl (C=O) groups is 1. The van der Waals surface area contributed by atoms with Crippen LogP contribution < -0.4 is 0 Å². The van der Waals surface area contributed by atoms with Crippen molar-refractivity contribution in [3.05, 3.63) is 33.8 Å². The molecule has 0 unspecified atom stereocenters. The van der Waals surface area contributed by atoms with Crippen LogP contribution >= 0.6 is 23.2 Å². The molecular weight excluding hydrogens is 287 g/mol. The van der Waals surface area contributed by atoms with Crippen LogP contribution in [0.1, 0.15) is 32.4 Å². The maximum absolute atomic E-state index is 11.3. The Balaban J connectivity index is 3.00. The van der Waals surface area contributed by atoms with Gasteiger partial charge in [-0.05, 0) is 19.1 Å². The highest BCUT2D eigenvalue weighted by atomic mass is 35.5. The van der Waals surface area contributed by atoms with Gasteiger partial charge in [0.15, 0.2) is 0 Å². The minimum Gasteiger partial charge on any atom is -0.392 e. The zero-order chi connectivity index (χ0) is 14.7. The highest BCUT2D eigenvalue weighted by Crippen LogP contribution is 2.36. The van der Waals surface area contributed by atoms with Gasteiger partial charge in [-0.25, -0.2) is 0 Å². The highest BCUT2D eigenvalue weighted by molar-refractivity contribution is 6.36. The number of ketones is 1. The summed E-state index contributed by atoms with van der Waals surface area (Å²) in [6, 6.07) is 4.93. The predicted molar refractivity (Wildman–Crippen MR) is 76.4 cm³/mol. The Labute approximate surface area is 123 Å². The molecule has 5 heteroatoms. The van der Waals surface area contributed by atoms with Crippen molar-refractivity contribution in [1.82, 2.24) is 0 Å². The first kappa shape index (κ1) is 16.4. The van der Waals surface area contributed by atoms with Crippen LogP contribution in [0.25, 0.3) is 0 Å². The predicted octanol–water partition coefficient (Wildman–Crippen LogP) is 3.25. The Morgan fingerprint density at radius 3 is 2.05 bits per heavy atom. The summed E-state index contributed by atoms with van der Waals surface area (Å²) >= 11 is 12.0. The van der Waals surface area contributed by atoms with E-state index in [9.17, 15) is 15.0 Å². The van der Waals surface area contributed by atoms with Gasteiger partial charge in [0.2, 0.25) is 0 Å². The SMILES string of the molecule is CC(=O)[C@H](C)[C@@H](O)[C@@H](C)[C@H](O)c1c(Cl)cccc1Cl. The van der Waals surface area contributed by atoms with Crippen molar-refractivity contribution >= 4 is 29.0 Å². The molecule has 0 amide bonds. The molecule has 3 nitrogen and oxygen atoms in total. The quantitative estimate of drug-likeness (QED) is 0.878. The van der Waals surface area contributed by atoms with E-state index in [4.69, 9.17) is 23.2 Å². The number of benzene rings is 1. The van der Waals surface area contributed by atoms with Gasteiger partial charge in [-0.3, -0.25) is 4.79 Å². The van der Waals surface area contributed by atoms with Crippen LogP contribution in [-0.2, 0) is 4.79 Å². The Bertz CT molecular complexity index is 442. The second-order valence-corrected chi connectivity index (χ2v) is 5.64. The average Bonchev–Trinajstić information content (AvgIpc) is 2.35. The summed E-state index contributed by atoms with van der Waals surface area (Å²) in [6.07, 6.45) is -1.99. The lowest BCUT2D eigenvalue weighted by molar-refractivity contribution is -0.125. The molecule has 0 aliphatic heterocycles. The lowest BCUT2D eigenvalue weighted by Gasteiger charge is -2.28. The summed E-state index contributed by atoms with van der Waals surface area (Å²) < 4.78 is 0. The molecule has 0 heterocycles.